The Labute approximate surface area is 102 Å². The molecule has 0 aliphatic heterocycles. The number of carbonyl (C=O) groups is 1. The highest BCUT2D eigenvalue weighted by atomic mass is 32.1. The zero-order valence-electron chi connectivity index (χ0n) is 9.14. The van der Waals surface area contributed by atoms with E-state index in [2.05, 4.69) is 15.5 Å². The third kappa shape index (κ3) is 3.69. The van der Waals surface area contributed by atoms with Gasteiger partial charge in [0.05, 0.1) is 6.42 Å². The number of aromatic amines is 1. The minimum absolute atomic E-state index is 0.102. The molecule has 0 amide bonds. The fourth-order valence-corrected chi connectivity index (χ4v) is 2.44. The highest BCUT2D eigenvalue weighted by Gasteiger charge is 2.04. The van der Waals surface area contributed by atoms with Crippen molar-refractivity contribution in [2.75, 3.05) is 0 Å². The number of nitrogens with zero attached hydrogens (tertiary/aromatic N) is 1. The summed E-state index contributed by atoms with van der Waals surface area (Å²) in [7, 11) is 0. The molecule has 0 saturated heterocycles. The summed E-state index contributed by atoms with van der Waals surface area (Å²) in [6.45, 7) is 1.47. The lowest BCUT2D eigenvalue weighted by molar-refractivity contribution is -0.136. The Balaban J connectivity index is 1.79. The number of carboxylic acids is 1. The second-order valence-corrected chi connectivity index (χ2v) is 4.88. The smallest absolute Gasteiger partial charge is 0.308 e. The van der Waals surface area contributed by atoms with Gasteiger partial charge in [-0.25, -0.2) is 0 Å². The summed E-state index contributed by atoms with van der Waals surface area (Å²) in [5.74, 6) is -0.788. The van der Waals surface area contributed by atoms with E-state index in [1.54, 1.807) is 6.20 Å². The molecule has 2 heterocycles. The second-order valence-electron chi connectivity index (χ2n) is 3.62. The third-order valence-corrected chi connectivity index (χ3v) is 3.30. The zero-order valence-corrected chi connectivity index (χ0v) is 9.96. The minimum atomic E-state index is -0.788. The fraction of sp³-hybridized carbons (Fsp3) is 0.273. The van der Waals surface area contributed by atoms with Gasteiger partial charge in [0.25, 0.3) is 0 Å². The molecule has 0 fully saturated rings. The number of aromatic nitrogens is 2. The molecule has 0 aromatic carbocycles. The molecule has 5 nitrogen and oxygen atoms in total. The molecule has 0 unspecified atom stereocenters. The average molecular weight is 251 g/mol. The molecule has 0 saturated carbocycles. The maximum absolute atomic E-state index is 10.5. The van der Waals surface area contributed by atoms with Crippen molar-refractivity contribution in [2.45, 2.75) is 19.5 Å². The lowest BCUT2D eigenvalue weighted by Gasteiger charge is -1.99. The fourth-order valence-electron chi connectivity index (χ4n) is 1.46. The van der Waals surface area contributed by atoms with E-state index in [0.717, 1.165) is 28.5 Å². The highest BCUT2D eigenvalue weighted by molar-refractivity contribution is 7.12. The highest BCUT2D eigenvalue weighted by Crippen LogP contribution is 2.16. The van der Waals surface area contributed by atoms with Gasteiger partial charge in [0, 0.05) is 34.7 Å². The third-order valence-electron chi connectivity index (χ3n) is 2.22. The van der Waals surface area contributed by atoms with Gasteiger partial charge in [-0.05, 0) is 18.2 Å². The standard InChI is InChI=1S/C11H13N3O2S/c15-11(16)5-9-1-2-10(17-9)7-12-6-8-3-4-13-14-8/h1-4,12H,5-7H2,(H,13,14)(H,15,16). The number of carboxylic acid groups (broad SMARTS) is 1. The topological polar surface area (TPSA) is 78.0 Å². The molecule has 17 heavy (non-hydrogen) atoms. The van der Waals surface area contributed by atoms with Crippen LogP contribution in [-0.2, 0) is 24.3 Å². The predicted octanol–water partition coefficient (Wildman–Crippen LogP) is 1.39. The summed E-state index contributed by atoms with van der Waals surface area (Å²) in [5, 5.41) is 18.6. The van der Waals surface area contributed by atoms with Crippen LogP contribution in [-0.4, -0.2) is 21.3 Å². The SMILES string of the molecule is O=C(O)Cc1ccc(CNCc2ccn[nH]2)s1. The Kier molecular flexibility index (Phi) is 3.89. The van der Waals surface area contributed by atoms with Crippen LogP contribution < -0.4 is 5.32 Å². The van der Waals surface area contributed by atoms with E-state index in [9.17, 15) is 4.79 Å². The predicted molar refractivity (Wildman–Crippen MR) is 64.8 cm³/mol. The first-order valence-electron chi connectivity index (χ1n) is 5.22. The van der Waals surface area contributed by atoms with Crippen LogP contribution in [0.5, 0.6) is 0 Å². The molecule has 0 bridgehead atoms. The molecule has 0 atom stereocenters. The number of aliphatic carboxylic acids is 1. The Morgan fingerprint density at radius 1 is 1.35 bits per heavy atom. The van der Waals surface area contributed by atoms with Crippen LogP contribution in [0.2, 0.25) is 0 Å². The monoisotopic (exact) mass is 251 g/mol. The summed E-state index contributed by atoms with van der Waals surface area (Å²) in [6, 6.07) is 5.74. The molecular weight excluding hydrogens is 238 g/mol. The van der Waals surface area contributed by atoms with Gasteiger partial charge < -0.3 is 10.4 Å². The van der Waals surface area contributed by atoms with E-state index in [1.165, 1.54) is 11.3 Å². The molecule has 2 rings (SSSR count). The van der Waals surface area contributed by atoms with Gasteiger partial charge >= 0.3 is 5.97 Å². The van der Waals surface area contributed by atoms with Gasteiger partial charge in [0.2, 0.25) is 0 Å². The summed E-state index contributed by atoms with van der Waals surface area (Å²) in [5.41, 5.74) is 1.03. The average Bonchev–Trinajstić information content (AvgIpc) is 2.89. The number of hydrogen-bond donors (Lipinski definition) is 3. The van der Waals surface area contributed by atoms with Gasteiger partial charge in [0.1, 0.15) is 0 Å². The van der Waals surface area contributed by atoms with Crippen molar-refractivity contribution in [1.29, 1.82) is 0 Å². The molecular formula is C11H13N3O2S. The van der Waals surface area contributed by atoms with Crippen LogP contribution in [0.4, 0.5) is 0 Å². The minimum Gasteiger partial charge on any atom is -0.481 e. The van der Waals surface area contributed by atoms with Gasteiger partial charge in [-0.15, -0.1) is 11.3 Å². The van der Waals surface area contributed by atoms with E-state index in [4.69, 9.17) is 5.11 Å². The lowest BCUT2D eigenvalue weighted by Crippen LogP contribution is -2.11. The number of thiophene rings is 1. The summed E-state index contributed by atoms with van der Waals surface area (Å²) in [6.07, 6.45) is 1.82. The van der Waals surface area contributed by atoms with Crippen LogP contribution in [0.15, 0.2) is 24.4 Å². The first kappa shape index (κ1) is 11.8. The van der Waals surface area contributed by atoms with Crippen molar-refractivity contribution in [3.8, 4) is 0 Å². The first-order chi connectivity index (χ1) is 8.24. The van der Waals surface area contributed by atoms with Crippen LogP contribution in [0.1, 0.15) is 15.4 Å². The van der Waals surface area contributed by atoms with Crippen molar-refractivity contribution < 1.29 is 9.90 Å². The van der Waals surface area contributed by atoms with Crippen molar-refractivity contribution in [3.05, 3.63) is 39.8 Å². The van der Waals surface area contributed by atoms with Crippen molar-refractivity contribution in [2.24, 2.45) is 0 Å². The Bertz CT molecular complexity index is 479. The molecule has 6 heteroatoms. The van der Waals surface area contributed by atoms with Gasteiger partial charge in [-0.3, -0.25) is 9.89 Å². The summed E-state index contributed by atoms with van der Waals surface area (Å²) < 4.78 is 0. The molecule has 90 valence electrons. The molecule has 3 N–H and O–H groups in total. The van der Waals surface area contributed by atoms with Crippen LogP contribution in [0.3, 0.4) is 0 Å². The summed E-state index contributed by atoms with van der Waals surface area (Å²) in [4.78, 5) is 12.6. The van der Waals surface area contributed by atoms with E-state index in [-0.39, 0.29) is 6.42 Å². The normalized spacial score (nSPS) is 10.6. The van der Waals surface area contributed by atoms with Crippen LogP contribution in [0.25, 0.3) is 0 Å². The van der Waals surface area contributed by atoms with Gasteiger partial charge in [-0.1, -0.05) is 0 Å². The van der Waals surface area contributed by atoms with Crippen LogP contribution >= 0.6 is 11.3 Å². The molecule has 2 aromatic heterocycles. The molecule has 0 aliphatic carbocycles. The van der Waals surface area contributed by atoms with Crippen molar-refractivity contribution in [3.63, 3.8) is 0 Å². The molecule has 0 radical (unpaired) electrons. The van der Waals surface area contributed by atoms with E-state index in [1.807, 2.05) is 18.2 Å². The Morgan fingerprint density at radius 3 is 2.88 bits per heavy atom. The maximum atomic E-state index is 10.5. The van der Waals surface area contributed by atoms with E-state index in [0.29, 0.717) is 0 Å². The quantitative estimate of drug-likeness (QED) is 0.725. The number of rotatable bonds is 6. The number of hydrogen-bond acceptors (Lipinski definition) is 4. The van der Waals surface area contributed by atoms with Crippen molar-refractivity contribution >= 4 is 17.3 Å². The van der Waals surface area contributed by atoms with Crippen LogP contribution in [0, 0.1) is 0 Å². The van der Waals surface area contributed by atoms with Crippen molar-refractivity contribution in [1.82, 2.24) is 15.5 Å². The van der Waals surface area contributed by atoms with E-state index >= 15 is 0 Å². The largest absolute Gasteiger partial charge is 0.481 e. The van der Waals surface area contributed by atoms with Gasteiger partial charge in [0.15, 0.2) is 0 Å². The second kappa shape index (κ2) is 5.60. The number of H-pyrrole nitrogens is 1. The Morgan fingerprint density at radius 2 is 2.18 bits per heavy atom. The first-order valence-corrected chi connectivity index (χ1v) is 6.04. The maximum Gasteiger partial charge on any atom is 0.308 e. The summed E-state index contributed by atoms with van der Waals surface area (Å²) >= 11 is 1.53. The molecule has 0 spiro atoms. The zero-order chi connectivity index (χ0) is 12.1. The molecule has 2 aromatic rings. The van der Waals surface area contributed by atoms with E-state index < -0.39 is 5.97 Å². The number of nitrogens with one attached hydrogen (secondary N) is 2. The lowest BCUT2D eigenvalue weighted by atomic mass is 10.3. The molecule has 0 aliphatic rings. The Hall–Kier alpha value is -1.66. The van der Waals surface area contributed by atoms with Gasteiger partial charge in [-0.2, -0.15) is 5.10 Å².